The number of amides is 2. The Morgan fingerprint density at radius 2 is 1.32 bits per heavy atom. The van der Waals surface area contributed by atoms with Crippen LogP contribution < -0.4 is 10.1 Å². The van der Waals surface area contributed by atoms with E-state index in [1.54, 1.807) is 7.11 Å². The van der Waals surface area contributed by atoms with Gasteiger partial charge >= 0.3 is 26.1 Å². The fourth-order valence-corrected chi connectivity index (χ4v) is 12.0. The van der Waals surface area contributed by atoms with E-state index < -0.39 is 25.6 Å². The molecule has 5 atom stereocenters. The SMILES string of the molecule is COc1ccc(C)cc1CC(=O)OC1CC2CCCC(C1)N2CCCCCCNC(=O)CCOCCCCCCCCC(=O)N1CCC(COP(O)(=S)OC)(COP(O)(=S)OCCOP(O)(=S)OC)CC1. The summed E-state index contributed by atoms with van der Waals surface area (Å²) in [5.74, 6) is 0.639. The number of hydrogen-bond acceptors (Lipinski definition) is 16. The Balaban J connectivity index is 0.966. The van der Waals surface area contributed by atoms with Crippen LogP contribution >= 0.6 is 20.2 Å². The molecule has 71 heavy (non-hydrogen) atoms. The van der Waals surface area contributed by atoms with Crippen LogP contribution in [0.4, 0.5) is 0 Å². The van der Waals surface area contributed by atoms with Gasteiger partial charge in [0.05, 0.1) is 46.6 Å². The average Bonchev–Trinajstić information content (AvgIpc) is 3.33. The molecular formula is C47H82N3O15P3S3. The molecule has 18 nitrogen and oxygen atoms in total. The number of esters is 1. The van der Waals surface area contributed by atoms with Crippen molar-refractivity contribution in [1.29, 1.82) is 0 Å². The van der Waals surface area contributed by atoms with Crippen LogP contribution in [0, 0.1) is 12.3 Å². The maximum Gasteiger partial charge on any atom is 0.324 e. The van der Waals surface area contributed by atoms with Crippen LogP contribution in [0.1, 0.15) is 133 Å². The van der Waals surface area contributed by atoms with Gasteiger partial charge in [-0.3, -0.25) is 19.3 Å². The number of carbonyl (C=O) groups excluding carboxylic acids is 3. The van der Waals surface area contributed by atoms with Crippen molar-refractivity contribution in [2.75, 3.05) is 87.1 Å². The quantitative estimate of drug-likeness (QED) is 0.0285. The van der Waals surface area contributed by atoms with Gasteiger partial charge < -0.3 is 66.3 Å². The summed E-state index contributed by atoms with van der Waals surface area (Å²) in [6.45, 7) is -5.39. The number of methoxy groups -OCH3 is 1. The molecule has 0 radical (unpaired) electrons. The Labute approximate surface area is 437 Å². The van der Waals surface area contributed by atoms with E-state index in [0.717, 1.165) is 113 Å². The number of likely N-dealkylation sites (tertiary alicyclic amines) is 1. The van der Waals surface area contributed by atoms with Crippen LogP contribution in [-0.4, -0.2) is 148 Å². The summed E-state index contributed by atoms with van der Waals surface area (Å²) in [6.07, 6.45) is 17.3. The van der Waals surface area contributed by atoms with Gasteiger partial charge in [-0.2, -0.15) is 0 Å². The van der Waals surface area contributed by atoms with E-state index in [-0.39, 0.29) is 56.7 Å². The number of rotatable bonds is 36. The van der Waals surface area contributed by atoms with Crippen molar-refractivity contribution in [1.82, 2.24) is 15.1 Å². The fourth-order valence-electron chi connectivity index (χ4n) is 9.47. The number of aryl methyl sites for hydroxylation is 1. The molecule has 2 bridgehead atoms. The fraction of sp³-hybridized carbons (Fsp3) is 0.809. The molecule has 3 aliphatic rings. The highest BCUT2D eigenvalue weighted by Crippen LogP contribution is 2.50. The second kappa shape index (κ2) is 32.5. The van der Waals surface area contributed by atoms with Crippen molar-refractivity contribution in [2.24, 2.45) is 5.41 Å². The van der Waals surface area contributed by atoms with Crippen LogP contribution in [0.5, 0.6) is 5.75 Å². The molecule has 1 aromatic carbocycles. The molecule has 408 valence electrons. The van der Waals surface area contributed by atoms with Crippen molar-refractivity contribution >= 4 is 73.4 Å². The molecule has 4 N–H and O–H groups in total. The molecule has 1 aromatic rings. The molecular weight excluding hydrogens is 1040 g/mol. The van der Waals surface area contributed by atoms with Gasteiger partial charge in [0, 0.05) is 89.2 Å². The van der Waals surface area contributed by atoms with Crippen molar-refractivity contribution < 1.29 is 70.4 Å². The summed E-state index contributed by atoms with van der Waals surface area (Å²) in [5.41, 5.74) is 1.24. The van der Waals surface area contributed by atoms with Gasteiger partial charge in [0.1, 0.15) is 11.9 Å². The lowest BCUT2D eigenvalue weighted by Gasteiger charge is -2.48. The number of nitrogens with zero attached hydrogens (tertiary/aromatic N) is 2. The molecule has 0 aliphatic carbocycles. The third-order valence-corrected chi connectivity index (χ3v) is 18.5. The van der Waals surface area contributed by atoms with Crippen LogP contribution in [-0.2, 0) is 92.8 Å². The molecule has 3 heterocycles. The van der Waals surface area contributed by atoms with Gasteiger partial charge in [-0.1, -0.05) is 62.6 Å². The molecule has 3 aliphatic heterocycles. The van der Waals surface area contributed by atoms with Crippen LogP contribution in [0.3, 0.4) is 0 Å². The molecule has 24 heteroatoms. The van der Waals surface area contributed by atoms with Crippen molar-refractivity contribution in [3.05, 3.63) is 29.3 Å². The van der Waals surface area contributed by atoms with Crippen LogP contribution in [0.15, 0.2) is 18.2 Å². The maximum absolute atomic E-state index is 13.1. The summed E-state index contributed by atoms with van der Waals surface area (Å²) in [5, 5.41) is 3.04. The van der Waals surface area contributed by atoms with Crippen LogP contribution in [0.2, 0.25) is 0 Å². The number of piperidine rings is 3. The minimum Gasteiger partial charge on any atom is -0.496 e. The Morgan fingerprint density at radius 3 is 1.99 bits per heavy atom. The van der Waals surface area contributed by atoms with E-state index in [1.807, 2.05) is 30.0 Å². The smallest absolute Gasteiger partial charge is 0.324 e. The number of unbranched alkanes of at least 4 members (excludes halogenated alkanes) is 8. The summed E-state index contributed by atoms with van der Waals surface area (Å²) in [6, 6.07) is 6.83. The second-order valence-electron chi connectivity index (χ2n) is 18.9. The van der Waals surface area contributed by atoms with E-state index in [0.29, 0.717) is 70.6 Å². The van der Waals surface area contributed by atoms with Crippen molar-refractivity contribution in [2.45, 2.75) is 154 Å². The predicted molar refractivity (Wildman–Crippen MR) is 283 cm³/mol. The molecule has 5 unspecified atom stereocenters. The Kier molecular flexibility index (Phi) is 28.6. The lowest BCUT2D eigenvalue weighted by molar-refractivity contribution is -0.154. The predicted octanol–water partition coefficient (Wildman–Crippen LogP) is 7.91. The summed E-state index contributed by atoms with van der Waals surface area (Å²) < 4.78 is 48.5. The Morgan fingerprint density at radius 1 is 0.732 bits per heavy atom. The van der Waals surface area contributed by atoms with E-state index in [9.17, 15) is 29.1 Å². The molecule has 0 spiro atoms. The lowest BCUT2D eigenvalue weighted by atomic mass is 9.80. The minimum absolute atomic E-state index is 0.0241. The highest BCUT2D eigenvalue weighted by atomic mass is 32.5. The number of ether oxygens (including phenoxy) is 3. The van der Waals surface area contributed by atoms with Gasteiger partial charge in [-0.25, -0.2) is 0 Å². The maximum atomic E-state index is 13.1. The minimum atomic E-state index is -3.73. The third-order valence-electron chi connectivity index (χ3n) is 13.5. The average molecular weight is 1120 g/mol. The van der Waals surface area contributed by atoms with E-state index in [4.69, 9.17) is 76.8 Å². The zero-order chi connectivity index (χ0) is 51.8. The normalized spacial score (nSPS) is 21.7. The topological polar surface area (TPSA) is 213 Å². The lowest BCUT2D eigenvalue weighted by Crippen LogP contribution is -2.54. The van der Waals surface area contributed by atoms with Crippen molar-refractivity contribution in [3.63, 3.8) is 0 Å². The zero-order valence-corrected chi connectivity index (χ0v) is 47.5. The highest BCUT2D eigenvalue weighted by Gasteiger charge is 2.41. The third kappa shape index (κ3) is 24.2. The van der Waals surface area contributed by atoms with E-state index in [2.05, 4.69) is 10.2 Å². The Bertz CT molecular complexity index is 1920. The summed E-state index contributed by atoms with van der Waals surface area (Å²) >= 11 is 14.9. The van der Waals surface area contributed by atoms with Gasteiger partial charge in [0.2, 0.25) is 11.8 Å². The molecule has 0 aromatic heterocycles. The van der Waals surface area contributed by atoms with Gasteiger partial charge in [0.15, 0.2) is 0 Å². The van der Waals surface area contributed by atoms with Crippen LogP contribution in [0.25, 0.3) is 0 Å². The molecule has 0 saturated carbocycles. The van der Waals surface area contributed by atoms with Gasteiger partial charge in [-0.15, -0.1) is 0 Å². The Hall–Kier alpha value is -1.06. The summed E-state index contributed by atoms with van der Waals surface area (Å²) in [4.78, 5) is 73.5. The van der Waals surface area contributed by atoms with E-state index >= 15 is 0 Å². The first-order chi connectivity index (χ1) is 33.9. The first-order valence-corrected chi connectivity index (χ1v) is 33.0. The van der Waals surface area contributed by atoms with Gasteiger partial charge in [-0.05, 0) is 106 Å². The largest absolute Gasteiger partial charge is 0.496 e. The van der Waals surface area contributed by atoms with Crippen molar-refractivity contribution in [3.8, 4) is 5.75 Å². The molecule has 2 amide bonds. The second-order valence-corrected chi connectivity index (χ2v) is 27.6. The monoisotopic (exact) mass is 1120 g/mol. The number of benzene rings is 1. The standard InChI is InChI=1S/C47H82N3O15P3S3/c1-38-19-20-43(57-2)39(32-38)33-46(53)65-42-34-40-16-15-17-41(35-42)50(40)25-13-9-8-12-24-48-44(51)21-29-60-28-14-10-6-5-7-11-18-45(52)49-26-22-47(23-27-49,36-63-67(55,70)59-4)37-64-68(56,71)62-31-30-61-66(54,69)58-3/h19-20,32,40-42H,5-18,21-31,33-37H2,1-4H3,(H,48,51)(H,54,69)(H,55,70)(H,56,71). The molecule has 3 saturated heterocycles. The number of nitrogens with one attached hydrogen (secondary N) is 1. The molecule has 3 fully saturated rings. The first-order valence-electron chi connectivity index (χ1n) is 25.3. The number of hydrogen-bond donors (Lipinski definition) is 4. The summed E-state index contributed by atoms with van der Waals surface area (Å²) in [7, 11) is 4.12. The highest BCUT2D eigenvalue weighted by molar-refractivity contribution is 8.07. The molecule has 4 rings (SSSR count). The number of carbonyl (C=O) groups is 3. The first kappa shape index (κ1) is 62.5. The van der Waals surface area contributed by atoms with E-state index in [1.165, 1.54) is 20.6 Å². The van der Waals surface area contributed by atoms with Gasteiger partial charge in [0.25, 0.3) is 0 Å². The zero-order valence-electron chi connectivity index (χ0n) is 42.4. The number of fused-ring (bicyclic) bond motifs is 2.